The summed E-state index contributed by atoms with van der Waals surface area (Å²) in [5.74, 6) is 0. The zero-order valence-corrected chi connectivity index (χ0v) is 7.71. The zero-order valence-electron chi connectivity index (χ0n) is 6.90. The largest absolute Gasteiger partial charge is 0.256 e. The van der Waals surface area contributed by atoms with Crippen molar-refractivity contribution in [3.05, 3.63) is 41.9 Å². The predicted molar refractivity (Wildman–Crippen MR) is 56.2 cm³/mol. The molecule has 0 unspecified atom stereocenters. The molecule has 1 aliphatic heterocycles. The van der Waals surface area contributed by atoms with Crippen molar-refractivity contribution in [2.45, 2.75) is 0 Å². The fourth-order valence-electron chi connectivity index (χ4n) is 1.53. The smallest absolute Gasteiger partial charge is 0.0703 e. The van der Waals surface area contributed by atoms with Crippen molar-refractivity contribution >= 4 is 21.4 Å². The van der Waals surface area contributed by atoms with Gasteiger partial charge in [0.05, 0.1) is 5.69 Å². The first kappa shape index (κ1) is 7.04. The van der Waals surface area contributed by atoms with Crippen LogP contribution in [0.25, 0.3) is 21.3 Å². The number of hydrogen-bond acceptors (Lipinski definition) is 2. The molecule has 0 saturated heterocycles. The van der Waals surface area contributed by atoms with Gasteiger partial charge in [0.1, 0.15) is 0 Å². The van der Waals surface area contributed by atoms with Crippen LogP contribution in [0.15, 0.2) is 41.9 Å². The maximum Gasteiger partial charge on any atom is 0.0703 e. The molecular formula is C11H7NS. The fraction of sp³-hybridized carbons (Fsp3) is 0. The van der Waals surface area contributed by atoms with Gasteiger partial charge in [-0.15, -0.1) is 11.3 Å². The molecule has 13 heavy (non-hydrogen) atoms. The maximum atomic E-state index is 4.27. The molecule has 0 amide bonds. The normalized spacial score (nSPS) is 11.1. The summed E-state index contributed by atoms with van der Waals surface area (Å²) in [4.78, 5) is 4.27. The van der Waals surface area contributed by atoms with Crippen molar-refractivity contribution < 1.29 is 0 Å². The second-order valence-corrected chi connectivity index (χ2v) is 3.95. The summed E-state index contributed by atoms with van der Waals surface area (Å²) in [6.45, 7) is 0. The van der Waals surface area contributed by atoms with E-state index in [1.807, 2.05) is 12.3 Å². The Bertz CT molecular complexity index is 527. The molecule has 0 fully saturated rings. The van der Waals surface area contributed by atoms with Crippen LogP contribution in [-0.2, 0) is 0 Å². The van der Waals surface area contributed by atoms with E-state index in [1.54, 1.807) is 11.3 Å². The van der Waals surface area contributed by atoms with Crippen LogP contribution in [0.2, 0.25) is 0 Å². The third-order valence-electron chi connectivity index (χ3n) is 2.19. The quantitative estimate of drug-likeness (QED) is 0.523. The first-order valence-electron chi connectivity index (χ1n) is 4.15. The molecule has 2 aliphatic rings. The minimum absolute atomic E-state index is 1.07. The highest BCUT2D eigenvalue weighted by atomic mass is 32.1. The van der Waals surface area contributed by atoms with Crippen molar-refractivity contribution in [1.82, 2.24) is 4.98 Å². The van der Waals surface area contributed by atoms with Gasteiger partial charge in [0.25, 0.3) is 0 Å². The molecule has 0 aromatic carbocycles. The van der Waals surface area contributed by atoms with E-state index in [0.717, 1.165) is 5.69 Å². The molecule has 0 radical (unpaired) electrons. The Hall–Kier alpha value is -1.41. The molecule has 0 atom stereocenters. The zero-order chi connectivity index (χ0) is 8.67. The lowest BCUT2D eigenvalue weighted by Gasteiger charge is -1.85. The fourth-order valence-corrected chi connectivity index (χ4v) is 2.30. The number of hydrogen-bond donors (Lipinski definition) is 0. The molecule has 1 aliphatic carbocycles. The average molecular weight is 185 g/mol. The summed E-state index contributed by atoms with van der Waals surface area (Å²) in [5.41, 5.74) is 2.29. The summed E-state index contributed by atoms with van der Waals surface area (Å²) >= 11 is 1.77. The Balaban J connectivity index is 2.51. The molecule has 0 spiro atoms. The van der Waals surface area contributed by atoms with E-state index < -0.39 is 0 Å². The van der Waals surface area contributed by atoms with Crippen LogP contribution in [0.3, 0.4) is 0 Å². The highest BCUT2D eigenvalue weighted by Gasteiger charge is 2.02. The Kier molecular flexibility index (Phi) is 1.37. The molecule has 0 bridgehead atoms. The summed E-state index contributed by atoms with van der Waals surface area (Å²) in [5, 5.41) is 3.42. The second-order valence-electron chi connectivity index (χ2n) is 3.00. The molecule has 1 aromatic heterocycles. The lowest BCUT2D eigenvalue weighted by Crippen LogP contribution is -1.65. The van der Waals surface area contributed by atoms with Gasteiger partial charge in [-0.3, -0.25) is 4.98 Å². The summed E-state index contributed by atoms with van der Waals surface area (Å²) in [6, 6.07) is 10.6. The lowest BCUT2D eigenvalue weighted by molar-refractivity contribution is 1.42. The number of rotatable bonds is 0. The Morgan fingerprint density at radius 1 is 1.08 bits per heavy atom. The molecule has 2 heteroatoms. The first-order valence-corrected chi connectivity index (χ1v) is 5.03. The van der Waals surface area contributed by atoms with Crippen LogP contribution < -0.4 is 0 Å². The second kappa shape index (κ2) is 2.54. The van der Waals surface area contributed by atoms with Crippen LogP contribution in [0, 0.1) is 0 Å². The summed E-state index contributed by atoms with van der Waals surface area (Å²) in [6.07, 6.45) is 1.85. The summed E-state index contributed by atoms with van der Waals surface area (Å²) in [7, 11) is 0. The van der Waals surface area contributed by atoms with E-state index >= 15 is 0 Å². The Morgan fingerprint density at radius 2 is 2.08 bits per heavy atom. The van der Waals surface area contributed by atoms with Gasteiger partial charge in [0.15, 0.2) is 0 Å². The molecule has 1 nitrogen and oxygen atoms in total. The third-order valence-corrected chi connectivity index (χ3v) is 3.09. The number of fused-ring (bicyclic) bond motifs is 2. The Morgan fingerprint density at radius 3 is 3.08 bits per heavy atom. The Labute approximate surface area is 80.0 Å². The monoisotopic (exact) mass is 185 g/mol. The highest BCUT2D eigenvalue weighted by molar-refractivity contribution is 7.17. The molecule has 0 N–H and O–H groups in total. The van der Waals surface area contributed by atoms with Gasteiger partial charge in [-0.05, 0) is 41.1 Å². The van der Waals surface area contributed by atoms with Crippen LogP contribution in [0.1, 0.15) is 0 Å². The van der Waals surface area contributed by atoms with E-state index in [9.17, 15) is 0 Å². The van der Waals surface area contributed by atoms with E-state index in [1.165, 1.54) is 15.6 Å². The summed E-state index contributed by atoms with van der Waals surface area (Å²) < 4.78 is 1.32. The third kappa shape index (κ3) is 1.03. The van der Waals surface area contributed by atoms with Gasteiger partial charge in [-0.2, -0.15) is 0 Å². The SMILES string of the molecule is c1cc2cc3ccsc3ccc-2n1. The minimum atomic E-state index is 1.07. The van der Waals surface area contributed by atoms with Crippen LogP contribution in [-0.4, -0.2) is 4.98 Å². The van der Waals surface area contributed by atoms with Crippen LogP contribution in [0.5, 0.6) is 0 Å². The van der Waals surface area contributed by atoms with Gasteiger partial charge < -0.3 is 0 Å². The molecule has 3 rings (SSSR count). The predicted octanol–water partition coefficient (Wildman–Crippen LogP) is 3.40. The van der Waals surface area contributed by atoms with E-state index in [2.05, 4.69) is 34.6 Å². The van der Waals surface area contributed by atoms with Crippen LogP contribution >= 0.6 is 11.3 Å². The molecule has 1 aromatic rings. The standard InChI is InChI=1S/C11H7NS/c1-2-11-9(4-6-13-11)7-8-3-5-12-10(1)8/h1-7H. The van der Waals surface area contributed by atoms with Crippen molar-refractivity contribution in [2.75, 3.05) is 0 Å². The van der Waals surface area contributed by atoms with E-state index in [0.29, 0.717) is 0 Å². The van der Waals surface area contributed by atoms with Crippen molar-refractivity contribution in [3.63, 3.8) is 0 Å². The van der Waals surface area contributed by atoms with Gasteiger partial charge >= 0.3 is 0 Å². The van der Waals surface area contributed by atoms with E-state index in [4.69, 9.17) is 0 Å². The number of aromatic nitrogens is 1. The average Bonchev–Trinajstić information content (AvgIpc) is 2.72. The van der Waals surface area contributed by atoms with Crippen molar-refractivity contribution in [2.24, 2.45) is 0 Å². The van der Waals surface area contributed by atoms with E-state index in [-0.39, 0.29) is 0 Å². The molecular weight excluding hydrogens is 178 g/mol. The molecule has 62 valence electrons. The number of nitrogens with zero attached hydrogens (tertiary/aromatic N) is 1. The van der Waals surface area contributed by atoms with Gasteiger partial charge in [-0.25, -0.2) is 0 Å². The van der Waals surface area contributed by atoms with Gasteiger partial charge in [0, 0.05) is 16.5 Å². The van der Waals surface area contributed by atoms with Gasteiger partial charge in [0.2, 0.25) is 0 Å². The van der Waals surface area contributed by atoms with Crippen LogP contribution in [0.4, 0.5) is 0 Å². The number of thiophene rings is 1. The van der Waals surface area contributed by atoms with Gasteiger partial charge in [-0.1, -0.05) is 0 Å². The topological polar surface area (TPSA) is 12.9 Å². The molecule has 0 saturated carbocycles. The lowest BCUT2D eigenvalue weighted by atomic mass is 10.2. The highest BCUT2D eigenvalue weighted by Crippen LogP contribution is 2.26. The van der Waals surface area contributed by atoms with Crippen molar-refractivity contribution in [1.29, 1.82) is 0 Å². The van der Waals surface area contributed by atoms with Crippen molar-refractivity contribution in [3.8, 4) is 11.3 Å². The first-order chi connectivity index (χ1) is 6.43. The maximum absolute atomic E-state index is 4.27. The molecule has 2 heterocycles. The minimum Gasteiger partial charge on any atom is -0.256 e.